The minimum absolute atomic E-state index is 0.0714. The van der Waals surface area contributed by atoms with Crippen LogP contribution in [0.3, 0.4) is 0 Å². The highest BCUT2D eigenvalue weighted by Crippen LogP contribution is 2.40. The summed E-state index contributed by atoms with van der Waals surface area (Å²) in [4.78, 5) is 0. The molecule has 0 aliphatic heterocycles. The van der Waals surface area contributed by atoms with E-state index in [0.717, 1.165) is 36.3 Å². The second-order valence-corrected chi connectivity index (χ2v) is 11.9. The van der Waals surface area contributed by atoms with Gasteiger partial charge in [-0.2, -0.15) is 0 Å². The van der Waals surface area contributed by atoms with Crippen LogP contribution in [0.25, 0.3) is 0 Å². The number of halogens is 2. The molecule has 0 bridgehead atoms. The topological polar surface area (TPSA) is 52.6 Å². The summed E-state index contributed by atoms with van der Waals surface area (Å²) in [5, 5.41) is 0.816. The average molecular weight is 502 g/mol. The van der Waals surface area contributed by atoms with Gasteiger partial charge >= 0.3 is 0 Å². The van der Waals surface area contributed by atoms with E-state index < -0.39 is 9.84 Å². The maximum atomic E-state index is 11.8. The Labute approximate surface area is 203 Å². The minimum atomic E-state index is -3.06. The zero-order valence-electron chi connectivity index (χ0n) is 19.6. The molecule has 0 fully saturated rings. The van der Waals surface area contributed by atoms with Crippen LogP contribution in [0.2, 0.25) is 10.0 Å². The molecule has 0 spiro atoms. The Balaban J connectivity index is 2.15. The van der Waals surface area contributed by atoms with Gasteiger partial charge in [-0.15, -0.1) is 0 Å². The van der Waals surface area contributed by atoms with Crippen molar-refractivity contribution in [1.29, 1.82) is 0 Å². The van der Waals surface area contributed by atoms with E-state index in [4.69, 9.17) is 32.7 Å². The van der Waals surface area contributed by atoms with Crippen LogP contribution in [0.15, 0.2) is 36.4 Å². The molecule has 0 N–H and O–H groups in total. The van der Waals surface area contributed by atoms with Gasteiger partial charge in [-0.25, -0.2) is 8.42 Å². The second kappa shape index (κ2) is 11.6. The van der Waals surface area contributed by atoms with Gasteiger partial charge in [0.25, 0.3) is 0 Å². The first-order valence-corrected chi connectivity index (χ1v) is 13.6. The Bertz CT molecular complexity index is 962. The molecular weight excluding hydrogens is 467 g/mol. The molecule has 0 amide bonds. The Morgan fingerprint density at radius 1 is 0.969 bits per heavy atom. The van der Waals surface area contributed by atoms with E-state index in [-0.39, 0.29) is 29.4 Å². The molecule has 0 saturated carbocycles. The van der Waals surface area contributed by atoms with Crippen molar-refractivity contribution >= 4 is 33.0 Å². The van der Waals surface area contributed by atoms with Gasteiger partial charge in [0.1, 0.15) is 15.6 Å². The SMILES string of the molecule is CCCCOc1ccc(C(C)(C)c2cc(Cl)c(OCC(C)CS(=O)(=O)CC)c(Cl)c2)cc1. The van der Waals surface area contributed by atoms with Gasteiger partial charge in [-0.1, -0.05) is 76.4 Å². The van der Waals surface area contributed by atoms with Crippen LogP contribution >= 0.6 is 23.2 Å². The standard InChI is InChI=1S/C25H34Cl2O4S/c1-6-8-13-30-21-11-9-19(10-12-21)25(4,5)20-14-22(26)24(23(27)15-20)31-16-18(3)17-32(28,29)7-2/h9-12,14-15,18H,6-8,13,16-17H2,1-5H3. The molecule has 0 aliphatic carbocycles. The first-order chi connectivity index (χ1) is 15.0. The number of benzene rings is 2. The summed E-state index contributed by atoms with van der Waals surface area (Å²) in [6, 6.07) is 11.8. The van der Waals surface area contributed by atoms with Crippen molar-refractivity contribution in [2.24, 2.45) is 5.92 Å². The van der Waals surface area contributed by atoms with Crippen molar-refractivity contribution in [3.05, 3.63) is 57.6 Å². The van der Waals surface area contributed by atoms with Crippen LogP contribution in [0, 0.1) is 5.92 Å². The number of ether oxygens (including phenoxy) is 2. The quantitative estimate of drug-likeness (QED) is 0.296. The number of rotatable bonds is 12. The molecule has 1 atom stereocenters. The molecular formula is C25H34Cl2O4S. The van der Waals surface area contributed by atoms with E-state index in [9.17, 15) is 8.42 Å². The normalized spacial score (nSPS) is 13.1. The van der Waals surface area contributed by atoms with Gasteiger partial charge in [0.2, 0.25) is 0 Å². The van der Waals surface area contributed by atoms with Crippen molar-refractivity contribution in [3.63, 3.8) is 0 Å². The van der Waals surface area contributed by atoms with Gasteiger partial charge in [0.15, 0.2) is 5.75 Å². The Morgan fingerprint density at radius 2 is 1.56 bits per heavy atom. The number of unbranched alkanes of at least 4 members (excludes halogenated alkanes) is 1. The van der Waals surface area contributed by atoms with Crippen molar-refractivity contribution in [2.45, 2.75) is 52.9 Å². The first-order valence-electron chi connectivity index (χ1n) is 11.1. The molecule has 0 aromatic heterocycles. The smallest absolute Gasteiger partial charge is 0.156 e. The number of hydrogen-bond donors (Lipinski definition) is 0. The molecule has 4 nitrogen and oxygen atoms in total. The first kappa shape index (κ1) is 26.8. The lowest BCUT2D eigenvalue weighted by atomic mass is 9.78. The fourth-order valence-electron chi connectivity index (χ4n) is 3.35. The van der Waals surface area contributed by atoms with Crippen LogP contribution in [-0.4, -0.2) is 33.1 Å². The summed E-state index contributed by atoms with van der Waals surface area (Å²) >= 11 is 13.0. The van der Waals surface area contributed by atoms with Crippen LogP contribution in [0.1, 0.15) is 58.6 Å². The van der Waals surface area contributed by atoms with E-state index in [0.29, 0.717) is 15.8 Å². The third-order valence-electron chi connectivity index (χ3n) is 5.55. The summed E-state index contributed by atoms with van der Waals surface area (Å²) in [6.45, 7) is 10.8. The van der Waals surface area contributed by atoms with Crippen LogP contribution in [0.4, 0.5) is 0 Å². The Morgan fingerprint density at radius 3 is 2.09 bits per heavy atom. The lowest BCUT2D eigenvalue weighted by molar-refractivity contribution is 0.272. The van der Waals surface area contributed by atoms with Crippen molar-refractivity contribution < 1.29 is 17.9 Å². The van der Waals surface area contributed by atoms with E-state index in [1.54, 1.807) is 6.92 Å². The molecule has 2 aromatic carbocycles. The summed E-state index contributed by atoms with van der Waals surface area (Å²) in [5.74, 6) is 1.27. The van der Waals surface area contributed by atoms with Gasteiger partial charge in [0, 0.05) is 17.1 Å². The van der Waals surface area contributed by atoms with Crippen molar-refractivity contribution in [3.8, 4) is 11.5 Å². The van der Waals surface area contributed by atoms with Crippen LogP contribution in [0.5, 0.6) is 11.5 Å². The minimum Gasteiger partial charge on any atom is -0.494 e. The zero-order chi connectivity index (χ0) is 23.9. The highest BCUT2D eigenvalue weighted by atomic mass is 35.5. The Hall–Kier alpha value is -1.43. The lowest BCUT2D eigenvalue weighted by Gasteiger charge is -2.27. The summed E-state index contributed by atoms with van der Waals surface area (Å²) in [6.07, 6.45) is 2.13. The molecule has 2 rings (SSSR count). The average Bonchev–Trinajstić information content (AvgIpc) is 2.73. The predicted octanol–water partition coefficient (Wildman–Crippen LogP) is 6.95. The van der Waals surface area contributed by atoms with Crippen LogP contribution < -0.4 is 9.47 Å². The fourth-order valence-corrected chi connectivity index (χ4v) is 5.15. The molecule has 7 heteroatoms. The lowest BCUT2D eigenvalue weighted by Crippen LogP contribution is -2.21. The second-order valence-electron chi connectivity index (χ2n) is 8.74. The Kier molecular flexibility index (Phi) is 9.74. The summed E-state index contributed by atoms with van der Waals surface area (Å²) in [7, 11) is -3.06. The molecule has 1 unspecified atom stereocenters. The van der Waals surface area contributed by atoms with Gasteiger partial charge in [-0.05, 0) is 41.8 Å². The zero-order valence-corrected chi connectivity index (χ0v) is 21.9. The van der Waals surface area contributed by atoms with E-state index in [1.165, 1.54) is 0 Å². The van der Waals surface area contributed by atoms with E-state index in [1.807, 2.05) is 31.2 Å². The maximum Gasteiger partial charge on any atom is 0.156 e. The molecule has 178 valence electrons. The highest BCUT2D eigenvalue weighted by molar-refractivity contribution is 7.91. The highest BCUT2D eigenvalue weighted by Gasteiger charge is 2.26. The van der Waals surface area contributed by atoms with Gasteiger partial charge in [0.05, 0.1) is 29.0 Å². The van der Waals surface area contributed by atoms with Crippen LogP contribution in [-0.2, 0) is 15.3 Å². The van der Waals surface area contributed by atoms with Crippen molar-refractivity contribution in [1.82, 2.24) is 0 Å². The predicted molar refractivity (Wildman–Crippen MR) is 134 cm³/mol. The summed E-state index contributed by atoms with van der Waals surface area (Å²) in [5.41, 5.74) is 1.73. The van der Waals surface area contributed by atoms with Gasteiger partial charge in [-0.3, -0.25) is 0 Å². The molecule has 0 radical (unpaired) electrons. The largest absolute Gasteiger partial charge is 0.494 e. The summed E-state index contributed by atoms with van der Waals surface area (Å²) < 4.78 is 35.2. The maximum absolute atomic E-state index is 11.8. The monoisotopic (exact) mass is 500 g/mol. The number of sulfone groups is 1. The molecule has 0 heterocycles. The third kappa shape index (κ3) is 7.29. The van der Waals surface area contributed by atoms with Crippen molar-refractivity contribution in [2.75, 3.05) is 24.7 Å². The van der Waals surface area contributed by atoms with Gasteiger partial charge < -0.3 is 9.47 Å². The molecule has 2 aromatic rings. The molecule has 0 aliphatic rings. The fraction of sp³-hybridized carbons (Fsp3) is 0.520. The third-order valence-corrected chi connectivity index (χ3v) is 8.07. The molecule has 32 heavy (non-hydrogen) atoms. The molecule has 0 saturated heterocycles. The van der Waals surface area contributed by atoms with E-state index >= 15 is 0 Å². The van der Waals surface area contributed by atoms with E-state index in [2.05, 4.69) is 32.9 Å². The number of hydrogen-bond acceptors (Lipinski definition) is 4.